The largest absolute Gasteiger partial charge is 0.467 e. The SMILES string of the molecule is CCOC(=O)N1C(c2ccc(C)cc2)CC(C(=O)OC)(C(=O)OC)N1c1ccccc1. The molecule has 0 bridgehead atoms. The van der Waals surface area contributed by atoms with Crippen LogP contribution in [0.5, 0.6) is 0 Å². The van der Waals surface area contributed by atoms with E-state index in [-0.39, 0.29) is 13.0 Å². The summed E-state index contributed by atoms with van der Waals surface area (Å²) in [4.78, 5) is 39.4. The monoisotopic (exact) mass is 426 g/mol. The predicted molar refractivity (Wildman–Crippen MR) is 113 cm³/mol. The standard InChI is InChI=1S/C23H26N2O6/c1-5-31-22(28)24-19(17-13-11-16(2)12-14-17)15-23(20(26)29-3,21(27)30-4)25(24)18-9-7-6-8-10-18/h6-14,19H,5,15H2,1-4H3. The highest BCUT2D eigenvalue weighted by molar-refractivity contribution is 6.09. The predicted octanol–water partition coefficient (Wildman–Crippen LogP) is 3.40. The minimum absolute atomic E-state index is 0.0664. The summed E-state index contributed by atoms with van der Waals surface area (Å²) in [7, 11) is 2.40. The maximum Gasteiger partial charge on any atom is 0.429 e. The van der Waals surface area contributed by atoms with Crippen molar-refractivity contribution in [1.82, 2.24) is 5.01 Å². The number of rotatable bonds is 5. The number of aryl methyl sites for hydroxylation is 1. The molecule has 0 aromatic heterocycles. The fourth-order valence-corrected chi connectivity index (χ4v) is 3.90. The molecule has 164 valence electrons. The lowest BCUT2D eigenvalue weighted by Gasteiger charge is -2.38. The average molecular weight is 426 g/mol. The van der Waals surface area contributed by atoms with E-state index in [1.807, 2.05) is 31.2 Å². The van der Waals surface area contributed by atoms with Crippen molar-refractivity contribution in [3.8, 4) is 0 Å². The normalized spacial score (nSPS) is 17.2. The molecule has 1 aliphatic rings. The zero-order valence-electron chi connectivity index (χ0n) is 18.0. The molecule has 3 rings (SSSR count). The molecule has 1 amide bonds. The third-order valence-electron chi connectivity index (χ3n) is 5.32. The van der Waals surface area contributed by atoms with Crippen LogP contribution < -0.4 is 5.01 Å². The number of anilines is 1. The topological polar surface area (TPSA) is 85.4 Å². The van der Waals surface area contributed by atoms with Crippen LogP contribution >= 0.6 is 0 Å². The first-order valence-corrected chi connectivity index (χ1v) is 9.95. The van der Waals surface area contributed by atoms with E-state index in [4.69, 9.17) is 14.2 Å². The Kier molecular flexibility index (Phi) is 6.48. The van der Waals surface area contributed by atoms with Gasteiger partial charge in [-0.2, -0.15) is 0 Å². The van der Waals surface area contributed by atoms with Crippen LogP contribution in [0.15, 0.2) is 54.6 Å². The maximum absolute atomic E-state index is 13.1. The van der Waals surface area contributed by atoms with E-state index in [0.29, 0.717) is 5.69 Å². The van der Waals surface area contributed by atoms with Crippen LogP contribution in [-0.2, 0) is 23.8 Å². The lowest BCUT2D eigenvalue weighted by Crippen LogP contribution is -2.62. The van der Waals surface area contributed by atoms with E-state index in [1.165, 1.54) is 24.2 Å². The van der Waals surface area contributed by atoms with Crippen molar-refractivity contribution in [1.29, 1.82) is 0 Å². The van der Waals surface area contributed by atoms with Gasteiger partial charge in [-0.3, -0.25) is 5.01 Å². The fraction of sp³-hybridized carbons (Fsp3) is 0.348. The van der Waals surface area contributed by atoms with Crippen molar-refractivity contribution in [2.75, 3.05) is 25.8 Å². The minimum atomic E-state index is -1.91. The zero-order chi connectivity index (χ0) is 22.6. The lowest BCUT2D eigenvalue weighted by atomic mass is 9.89. The Labute approximate surface area is 181 Å². The van der Waals surface area contributed by atoms with Gasteiger partial charge in [0.15, 0.2) is 0 Å². The van der Waals surface area contributed by atoms with Gasteiger partial charge in [0.2, 0.25) is 0 Å². The van der Waals surface area contributed by atoms with Crippen molar-refractivity contribution in [3.63, 3.8) is 0 Å². The van der Waals surface area contributed by atoms with Crippen LogP contribution in [0.2, 0.25) is 0 Å². The number of amides is 1. The second-order valence-electron chi connectivity index (χ2n) is 7.16. The van der Waals surface area contributed by atoms with Gasteiger partial charge in [-0.05, 0) is 31.5 Å². The molecule has 0 N–H and O–H groups in total. The fourth-order valence-electron chi connectivity index (χ4n) is 3.90. The number of benzene rings is 2. The molecule has 1 unspecified atom stereocenters. The van der Waals surface area contributed by atoms with E-state index in [2.05, 4.69) is 0 Å². The number of ether oxygens (including phenoxy) is 3. The van der Waals surface area contributed by atoms with Gasteiger partial charge in [0.25, 0.3) is 5.54 Å². The molecular formula is C23H26N2O6. The van der Waals surface area contributed by atoms with E-state index < -0.39 is 29.6 Å². The van der Waals surface area contributed by atoms with Crippen molar-refractivity contribution in [2.24, 2.45) is 0 Å². The number of hydrazine groups is 1. The van der Waals surface area contributed by atoms with Gasteiger partial charge < -0.3 is 14.2 Å². The van der Waals surface area contributed by atoms with Crippen molar-refractivity contribution in [3.05, 3.63) is 65.7 Å². The number of nitrogens with zero attached hydrogens (tertiary/aromatic N) is 2. The molecule has 1 aliphatic heterocycles. The summed E-state index contributed by atoms with van der Waals surface area (Å²) in [5.41, 5.74) is 0.319. The number of para-hydroxylation sites is 1. The van der Waals surface area contributed by atoms with Crippen LogP contribution in [0.1, 0.15) is 30.5 Å². The first-order chi connectivity index (χ1) is 14.9. The Morgan fingerprint density at radius 3 is 2.06 bits per heavy atom. The second-order valence-corrected chi connectivity index (χ2v) is 7.16. The van der Waals surface area contributed by atoms with E-state index in [0.717, 1.165) is 11.1 Å². The van der Waals surface area contributed by atoms with Gasteiger partial charge in [0.05, 0.1) is 32.6 Å². The second kappa shape index (κ2) is 9.07. The highest BCUT2D eigenvalue weighted by atomic mass is 16.6. The number of esters is 2. The molecule has 2 aromatic rings. The van der Waals surface area contributed by atoms with Crippen LogP contribution in [0.25, 0.3) is 0 Å². The first kappa shape index (κ1) is 22.1. The third-order valence-corrected chi connectivity index (χ3v) is 5.32. The molecule has 1 saturated heterocycles. The number of hydrogen-bond acceptors (Lipinski definition) is 7. The summed E-state index contributed by atoms with van der Waals surface area (Å²) in [6, 6.07) is 15.6. The Hall–Kier alpha value is -3.55. The van der Waals surface area contributed by atoms with Crippen LogP contribution in [-0.4, -0.2) is 49.4 Å². The lowest BCUT2D eigenvalue weighted by molar-refractivity contribution is -0.161. The number of carbonyl (C=O) groups excluding carboxylic acids is 3. The summed E-state index contributed by atoms with van der Waals surface area (Å²) >= 11 is 0. The molecule has 31 heavy (non-hydrogen) atoms. The highest BCUT2D eigenvalue weighted by Gasteiger charge is 2.64. The van der Waals surface area contributed by atoms with Crippen LogP contribution in [0.4, 0.5) is 10.5 Å². The molecule has 0 radical (unpaired) electrons. The van der Waals surface area contributed by atoms with Crippen LogP contribution in [0, 0.1) is 6.92 Å². The van der Waals surface area contributed by atoms with Crippen molar-refractivity contribution in [2.45, 2.75) is 31.8 Å². The Morgan fingerprint density at radius 1 is 0.968 bits per heavy atom. The van der Waals surface area contributed by atoms with Crippen LogP contribution in [0.3, 0.4) is 0 Å². The highest BCUT2D eigenvalue weighted by Crippen LogP contribution is 2.47. The molecule has 1 fully saturated rings. The van der Waals surface area contributed by atoms with E-state index in [9.17, 15) is 14.4 Å². The first-order valence-electron chi connectivity index (χ1n) is 9.95. The number of methoxy groups -OCH3 is 2. The van der Waals surface area contributed by atoms with Crippen molar-refractivity contribution >= 4 is 23.7 Å². The van der Waals surface area contributed by atoms with Gasteiger partial charge in [-0.1, -0.05) is 48.0 Å². The third kappa shape index (κ3) is 3.81. The minimum Gasteiger partial charge on any atom is -0.467 e. The number of hydrogen-bond donors (Lipinski definition) is 0. The average Bonchev–Trinajstić information content (AvgIpc) is 3.16. The van der Waals surface area contributed by atoms with Crippen molar-refractivity contribution < 1.29 is 28.6 Å². The molecule has 0 spiro atoms. The van der Waals surface area contributed by atoms with Gasteiger partial charge in [0, 0.05) is 6.42 Å². The Balaban J connectivity index is 2.28. The van der Waals surface area contributed by atoms with Gasteiger partial charge in [0.1, 0.15) is 0 Å². The molecular weight excluding hydrogens is 400 g/mol. The molecule has 0 aliphatic carbocycles. The molecule has 1 atom stereocenters. The molecule has 1 heterocycles. The summed E-state index contributed by atoms with van der Waals surface area (Å²) < 4.78 is 15.4. The Morgan fingerprint density at radius 2 is 1.55 bits per heavy atom. The quantitative estimate of drug-likeness (QED) is 0.411. The van der Waals surface area contributed by atoms with E-state index >= 15 is 0 Å². The maximum atomic E-state index is 13.1. The zero-order valence-corrected chi connectivity index (χ0v) is 18.0. The summed E-state index contributed by atoms with van der Waals surface area (Å²) in [6.07, 6.45) is -0.755. The summed E-state index contributed by atoms with van der Waals surface area (Å²) in [5.74, 6) is -1.65. The summed E-state index contributed by atoms with van der Waals surface area (Å²) in [5, 5.41) is 2.64. The van der Waals surface area contributed by atoms with Gasteiger partial charge >= 0.3 is 18.0 Å². The molecule has 8 heteroatoms. The van der Waals surface area contributed by atoms with Gasteiger partial charge in [-0.25, -0.2) is 19.4 Å². The molecule has 2 aromatic carbocycles. The molecule has 0 saturated carbocycles. The summed E-state index contributed by atoms with van der Waals surface area (Å²) in [6.45, 7) is 3.77. The Bertz CT molecular complexity index is 928. The molecule has 8 nitrogen and oxygen atoms in total. The van der Waals surface area contributed by atoms with E-state index in [1.54, 1.807) is 37.3 Å². The smallest absolute Gasteiger partial charge is 0.429 e. The van der Waals surface area contributed by atoms with Gasteiger partial charge in [-0.15, -0.1) is 0 Å². The number of carbonyl (C=O) groups is 3.